The van der Waals surface area contributed by atoms with E-state index in [9.17, 15) is 0 Å². The standard InChI is InChI=1S/C11H13N3OS2/c1-6-13-8-4-7(17-16-3)5-9(15-2)10(8)11(12)14-6/h4-5H,1-3H3,(H2,12,13,14). The van der Waals surface area contributed by atoms with Crippen LogP contribution in [0.25, 0.3) is 10.9 Å². The van der Waals surface area contributed by atoms with Gasteiger partial charge in [0.15, 0.2) is 0 Å². The van der Waals surface area contributed by atoms with Crippen molar-refractivity contribution >= 4 is 38.3 Å². The van der Waals surface area contributed by atoms with E-state index in [0.717, 1.165) is 21.5 Å². The number of methoxy groups -OCH3 is 1. The molecule has 0 fully saturated rings. The molecule has 2 rings (SSSR count). The van der Waals surface area contributed by atoms with E-state index in [1.807, 2.05) is 25.3 Å². The lowest BCUT2D eigenvalue weighted by Gasteiger charge is -2.09. The van der Waals surface area contributed by atoms with E-state index < -0.39 is 0 Å². The molecule has 90 valence electrons. The monoisotopic (exact) mass is 267 g/mol. The van der Waals surface area contributed by atoms with Crippen LogP contribution < -0.4 is 10.5 Å². The van der Waals surface area contributed by atoms with Gasteiger partial charge in [0.25, 0.3) is 0 Å². The van der Waals surface area contributed by atoms with Gasteiger partial charge >= 0.3 is 0 Å². The third-order valence-corrected chi connectivity index (χ3v) is 3.95. The van der Waals surface area contributed by atoms with Gasteiger partial charge in [0.05, 0.1) is 18.0 Å². The zero-order chi connectivity index (χ0) is 12.4. The van der Waals surface area contributed by atoms with Crippen LogP contribution >= 0.6 is 21.6 Å². The number of rotatable bonds is 3. The molecule has 0 atom stereocenters. The van der Waals surface area contributed by atoms with Crippen molar-refractivity contribution in [3.63, 3.8) is 0 Å². The lowest BCUT2D eigenvalue weighted by atomic mass is 10.2. The number of aryl methyl sites for hydroxylation is 1. The number of fused-ring (bicyclic) bond motifs is 1. The summed E-state index contributed by atoms with van der Waals surface area (Å²) < 4.78 is 5.35. The molecule has 1 aromatic carbocycles. The minimum absolute atomic E-state index is 0.463. The topological polar surface area (TPSA) is 61.0 Å². The van der Waals surface area contributed by atoms with Crippen LogP contribution in [0.1, 0.15) is 5.82 Å². The molecule has 17 heavy (non-hydrogen) atoms. The van der Waals surface area contributed by atoms with Crippen molar-refractivity contribution in [3.8, 4) is 5.75 Å². The molecule has 1 aromatic heterocycles. The molecule has 0 unspecified atom stereocenters. The molecule has 0 aliphatic carbocycles. The van der Waals surface area contributed by atoms with Gasteiger partial charge in [0.2, 0.25) is 0 Å². The summed E-state index contributed by atoms with van der Waals surface area (Å²) in [5, 5.41) is 0.781. The van der Waals surface area contributed by atoms with E-state index in [2.05, 4.69) is 9.97 Å². The first-order valence-corrected chi connectivity index (χ1v) is 7.54. The highest BCUT2D eigenvalue weighted by atomic mass is 33.1. The van der Waals surface area contributed by atoms with Gasteiger partial charge < -0.3 is 10.5 Å². The molecule has 0 saturated carbocycles. The quantitative estimate of drug-likeness (QED) is 0.863. The summed E-state index contributed by atoms with van der Waals surface area (Å²) in [6.07, 6.45) is 2.03. The highest BCUT2D eigenvalue weighted by Crippen LogP contribution is 2.37. The minimum atomic E-state index is 0.463. The predicted molar refractivity (Wildman–Crippen MR) is 74.6 cm³/mol. The van der Waals surface area contributed by atoms with E-state index in [1.165, 1.54) is 0 Å². The third-order valence-electron chi connectivity index (χ3n) is 2.27. The van der Waals surface area contributed by atoms with E-state index in [0.29, 0.717) is 11.6 Å². The Balaban J connectivity index is 2.73. The molecule has 0 bridgehead atoms. The average Bonchev–Trinajstić information content (AvgIpc) is 2.27. The number of ether oxygens (including phenoxy) is 1. The first kappa shape index (κ1) is 12.3. The minimum Gasteiger partial charge on any atom is -0.496 e. The Bertz CT molecular complexity index is 560. The zero-order valence-corrected chi connectivity index (χ0v) is 11.5. The summed E-state index contributed by atoms with van der Waals surface area (Å²) in [5.74, 6) is 1.85. The second-order valence-corrected chi connectivity index (χ2v) is 5.90. The van der Waals surface area contributed by atoms with Crippen molar-refractivity contribution in [2.75, 3.05) is 19.1 Å². The number of anilines is 1. The van der Waals surface area contributed by atoms with Crippen LogP contribution in [0.3, 0.4) is 0 Å². The molecule has 0 spiro atoms. The van der Waals surface area contributed by atoms with Crippen molar-refractivity contribution in [2.24, 2.45) is 0 Å². The summed E-state index contributed by atoms with van der Waals surface area (Å²) in [6.45, 7) is 1.83. The summed E-state index contributed by atoms with van der Waals surface area (Å²) in [7, 11) is 4.97. The Hall–Kier alpha value is -1.14. The Morgan fingerprint density at radius 3 is 2.71 bits per heavy atom. The number of nitrogens with two attached hydrogens (primary N) is 1. The van der Waals surface area contributed by atoms with E-state index in [-0.39, 0.29) is 0 Å². The van der Waals surface area contributed by atoms with Gasteiger partial charge in [-0.05, 0) is 25.3 Å². The van der Waals surface area contributed by atoms with Gasteiger partial charge in [-0.1, -0.05) is 21.6 Å². The number of nitrogen functional groups attached to an aromatic ring is 1. The summed E-state index contributed by atoms with van der Waals surface area (Å²) >= 11 is 0. The van der Waals surface area contributed by atoms with Crippen molar-refractivity contribution < 1.29 is 4.74 Å². The second-order valence-electron chi connectivity index (χ2n) is 3.43. The van der Waals surface area contributed by atoms with Crippen molar-refractivity contribution in [1.29, 1.82) is 0 Å². The number of hydrogen-bond donors (Lipinski definition) is 1. The lowest BCUT2D eigenvalue weighted by Crippen LogP contribution is -1.99. The van der Waals surface area contributed by atoms with Gasteiger partial charge in [-0.2, -0.15) is 0 Å². The SMILES string of the molecule is COc1cc(SSC)cc2nc(C)nc(N)c12. The van der Waals surface area contributed by atoms with Gasteiger partial charge in [-0.15, -0.1) is 0 Å². The van der Waals surface area contributed by atoms with Crippen LogP contribution in [-0.4, -0.2) is 23.3 Å². The number of benzene rings is 1. The number of hydrogen-bond acceptors (Lipinski definition) is 6. The molecule has 2 N–H and O–H groups in total. The van der Waals surface area contributed by atoms with Gasteiger partial charge in [0, 0.05) is 4.90 Å². The Labute approximate surface area is 108 Å². The molecule has 0 aliphatic heterocycles. The fourth-order valence-corrected chi connectivity index (χ4v) is 3.03. The van der Waals surface area contributed by atoms with E-state index >= 15 is 0 Å². The molecular weight excluding hydrogens is 254 g/mol. The predicted octanol–water partition coefficient (Wildman–Crippen LogP) is 2.90. The molecule has 0 saturated heterocycles. The first-order valence-electron chi connectivity index (χ1n) is 4.98. The van der Waals surface area contributed by atoms with Crippen LogP contribution in [0.2, 0.25) is 0 Å². The molecule has 4 nitrogen and oxygen atoms in total. The molecule has 6 heteroatoms. The van der Waals surface area contributed by atoms with Crippen molar-refractivity contribution in [2.45, 2.75) is 11.8 Å². The Kier molecular flexibility index (Phi) is 3.63. The molecular formula is C11H13N3OS2. The highest BCUT2D eigenvalue weighted by Gasteiger charge is 2.11. The maximum absolute atomic E-state index is 5.91. The number of nitrogens with zero attached hydrogens (tertiary/aromatic N) is 2. The molecule has 2 aromatic rings. The van der Waals surface area contributed by atoms with Crippen molar-refractivity contribution in [1.82, 2.24) is 9.97 Å². The first-order chi connectivity index (χ1) is 8.15. The molecule has 0 radical (unpaired) electrons. The largest absolute Gasteiger partial charge is 0.496 e. The molecule has 0 aliphatic rings. The van der Waals surface area contributed by atoms with Crippen molar-refractivity contribution in [3.05, 3.63) is 18.0 Å². The fraction of sp³-hybridized carbons (Fsp3) is 0.273. The zero-order valence-electron chi connectivity index (χ0n) is 9.85. The maximum Gasteiger partial charge on any atom is 0.138 e. The Morgan fingerprint density at radius 2 is 2.06 bits per heavy atom. The summed E-state index contributed by atoms with van der Waals surface area (Å²) in [5.41, 5.74) is 6.74. The third kappa shape index (κ3) is 2.42. The van der Waals surface area contributed by atoms with Crippen LogP contribution in [-0.2, 0) is 0 Å². The van der Waals surface area contributed by atoms with Crippen LogP contribution in [0, 0.1) is 6.92 Å². The van der Waals surface area contributed by atoms with Crippen LogP contribution in [0.4, 0.5) is 5.82 Å². The van der Waals surface area contributed by atoms with Crippen LogP contribution in [0.5, 0.6) is 5.75 Å². The average molecular weight is 267 g/mol. The van der Waals surface area contributed by atoms with Gasteiger partial charge in [0.1, 0.15) is 17.4 Å². The summed E-state index contributed by atoms with van der Waals surface area (Å²) in [4.78, 5) is 9.65. The van der Waals surface area contributed by atoms with E-state index in [1.54, 1.807) is 28.7 Å². The van der Waals surface area contributed by atoms with E-state index in [4.69, 9.17) is 10.5 Å². The molecule has 0 amide bonds. The van der Waals surface area contributed by atoms with Gasteiger partial charge in [-0.25, -0.2) is 9.97 Å². The van der Waals surface area contributed by atoms with Crippen LogP contribution in [0.15, 0.2) is 17.0 Å². The highest BCUT2D eigenvalue weighted by molar-refractivity contribution is 8.76. The lowest BCUT2D eigenvalue weighted by molar-refractivity contribution is 0.419. The molecule has 1 heterocycles. The smallest absolute Gasteiger partial charge is 0.138 e. The van der Waals surface area contributed by atoms with Gasteiger partial charge in [-0.3, -0.25) is 0 Å². The number of aromatic nitrogens is 2. The normalized spacial score (nSPS) is 10.8. The maximum atomic E-state index is 5.91. The Morgan fingerprint density at radius 1 is 1.29 bits per heavy atom. The second kappa shape index (κ2) is 5.01. The summed E-state index contributed by atoms with van der Waals surface area (Å²) in [6, 6.07) is 3.96. The fourth-order valence-electron chi connectivity index (χ4n) is 1.66.